The smallest absolute Gasteiger partial charge is 0.319 e. The van der Waals surface area contributed by atoms with Crippen LogP contribution in [0.4, 0.5) is 10.5 Å². The number of anilines is 1. The third-order valence-electron chi connectivity index (χ3n) is 3.47. The topological polar surface area (TPSA) is 41.1 Å². The van der Waals surface area contributed by atoms with E-state index in [0.717, 1.165) is 12.8 Å². The fourth-order valence-corrected chi connectivity index (χ4v) is 2.77. The van der Waals surface area contributed by atoms with Crippen LogP contribution in [0.25, 0.3) is 0 Å². The van der Waals surface area contributed by atoms with E-state index in [2.05, 4.69) is 22.8 Å². The predicted molar refractivity (Wildman–Crippen MR) is 81.2 cm³/mol. The molecule has 2 amide bonds. The number of hydrogen-bond acceptors (Lipinski definition) is 1. The zero-order valence-corrected chi connectivity index (χ0v) is 11.7. The van der Waals surface area contributed by atoms with Crippen LogP contribution >= 0.6 is 11.6 Å². The number of halogens is 1. The molecule has 0 saturated heterocycles. The van der Waals surface area contributed by atoms with Crippen LogP contribution in [0, 0.1) is 0 Å². The van der Waals surface area contributed by atoms with E-state index in [9.17, 15) is 4.79 Å². The highest BCUT2D eigenvalue weighted by molar-refractivity contribution is 6.30. The van der Waals surface area contributed by atoms with Crippen molar-refractivity contribution in [2.24, 2.45) is 0 Å². The maximum atomic E-state index is 12.0. The zero-order valence-electron chi connectivity index (χ0n) is 10.9. The molecule has 0 heterocycles. The molecule has 4 heteroatoms. The Hall–Kier alpha value is -2.00. The van der Waals surface area contributed by atoms with Crippen LogP contribution in [0.2, 0.25) is 5.02 Å². The van der Waals surface area contributed by atoms with Gasteiger partial charge >= 0.3 is 6.03 Å². The monoisotopic (exact) mass is 286 g/mol. The SMILES string of the molecule is O=C(Nc1cccc(Cl)c1)NC1Cc2ccccc2C1. The van der Waals surface area contributed by atoms with Crippen LogP contribution < -0.4 is 10.6 Å². The summed E-state index contributed by atoms with van der Waals surface area (Å²) in [4.78, 5) is 12.0. The van der Waals surface area contributed by atoms with Gasteiger partial charge in [-0.15, -0.1) is 0 Å². The summed E-state index contributed by atoms with van der Waals surface area (Å²) >= 11 is 5.89. The maximum Gasteiger partial charge on any atom is 0.319 e. The minimum atomic E-state index is -0.190. The summed E-state index contributed by atoms with van der Waals surface area (Å²) < 4.78 is 0. The Bertz CT molecular complexity index is 617. The molecule has 0 bridgehead atoms. The highest BCUT2D eigenvalue weighted by Crippen LogP contribution is 2.21. The zero-order chi connectivity index (χ0) is 13.9. The lowest BCUT2D eigenvalue weighted by Gasteiger charge is -2.13. The Morgan fingerprint density at radius 2 is 1.75 bits per heavy atom. The van der Waals surface area contributed by atoms with Gasteiger partial charge in [-0.05, 0) is 42.2 Å². The first-order chi connectivity index (χ1) is 9.70. The minimum absolute atomic E-state index is 0.159. The number of benzene rings is 2. The number of amides is 2. The molecule has 0 atom stereocenters. The molecular formula is C16H15ClN2O. The van der Waals surface area contributed by atoms with Gasteiger partial charge < -0.3 is 10.6 Å². The summed E-state index contributed by atoms with van der Waals surface area (Å²) in [5, 5.41) is 6.41. The van der Waals surface area contributed by atoms with Crippen molar-refractivity contribution in [3.8, 4) is 0 Å². The second kappa shape index (κ2) is 5.55. The van der Waals surface area contributed by atoms with E-state index in [-0.39, 0.29) is 12.1 Å². The quantitative estimate of drug-likeness (QED) is 0.870. The molecule has 0 radical (unpaired) electrons. The fourth-order valence-electron chi connectivity index (χ4n) is 2.58. The summed E-state index contributed by atoms with van der Waals surface area (Å²) in [6.45, 7) is 0. The molecule has 2 N–H and O–H groups in total. The largest absolute Gasteiger partial charge is 0.334 e. The van der Waals surface area contributed by atoms with Crippen LogP contribution in [0.15, 0.2) is 48.5 Å². The Labute approximate surface area is 123 Å². The summed E-state index contributed by atoms with van der Waals surface area (Å²) in [7, 11) is 0. The highest BCUT2D eigenvalue weighted by Gasteiger charge is 2.22. The summed E-state index contributed by atoms with van der Waals surface area (Å²) in [5.41, 5.74) is 3.34. The molecule has 20 heavy (non-hydrogen) atoms. The minimum Gasteiger partial charge on any atom is -0.334 e. The Kier molecular flexibility index (Phi) is 3.61. The van der Waals surface area contributed by atoms with Gasteiger partial charge in [0.25, 0.3) is 0 Å². The van der Waals surface area contributed by atoms with Crippen LogP contribution in [0.1, 0.15) is 11.1 Å². The van der Waals surface area contributed by atoms with Gasteiger partial charge in [0.15, 0.2) is 0 Å². The van der Waals surface area contributed by atoms with E-state index in [1.54, 1.807) is 12.1 Å². The Balaban J connectivity index is 1.58. The van der Waals surface area contributed by atoms with Crippen molar-refractivity contribution in [2.45, 2.75) is 18.9 Å². The van der Waals surface area contributed by atoms with Crippen molar-refractivity contribution >= 4 is 23.3 Å². The van der Waals surface area contributed by atoms with Gasteiger partial charge in [0.05, 0.1) is 0 Å². The number of nitrogens with one attached hydrogen (secondary N) is 2. The standard InChI is InChI=1S/C16H15ClN2O/c17-13-6-3-7-14(10-13)18-16(20)19-15-8-11-4-1-2-5-12(11)9-15/h1-7,10,15H,8-9H2,(H2,18,19,20). The number of hydrogen-bond donors (Lipinski definition) is 2. The van der Waals surface area contributed by atoms with Gasteiger partial charge in [0.2, 0.25) is 0 Å². The normalized spacial score (nSPS) is 13.8. The molecule has 2 aromatic rings. The molecule has 0 spiro atoms. The molecule has 102 valence electrons. The number of fused-ring (bicyclic) bond motifs is 1. The summed E-state index contributed by atoms with van der Waals surface area (Å²) in [6, 6.07) is 15.4. The van der Waals surface area contributed by atoms with E-state index < -0.39 is 0 Å². The first-order valence-corrected chi connectivity index (χ1v) is 6.98. The third kappa shape index (κ3) is 2.94. The van der Waals surface area contributed by atoms with E-state index >= 15 is 0 Å². The molecule has 0 saturated carbocycles. The van der Waals surface area contributed by atoms with Crippen LogP contribution in [0.5, 0.6) is 0 Å². The van der Waals surface area contributed by atoms with E-state index in [1.807, 2.05) is 24.3 Å². The molecule has 0 aromatic heterocycles. The van der Waals surface area contributed by atoms with Crippen molar-refractivity contribution in [3.05, 3.63) is 64.7 Å². The fraction of sp³-hybridized carbons (Fsp3) is 0.188. The number of carbonyl (C=O) groups excluding carboxylic acids is 1. The Morgan fingerprint density at radius 1 is 1.05 bits per heavy atom. The number of urea groups is 1. The highest BCUT2D eigenvalue weighted by atomic mass is 35.5. The van der Waals surface area contributed by atoms with Gasteiger partial charge in [0, 0.05) is 16.8 Å². The lowest BCUT2D eigenvalue weighted by atomic mass is 10.1. The van der Waals surface area contributed by atoms with Gasteiger partial charge in [0.1, 0.15) is 0 Å². The van der Waals surface area contributed by atoms with E-state index in [1.165, 1.54) is 11.1 Å². The van der Waals surface area contributed by atoms with Crippen LogP contribution in [-0.2, 0) is 12.8 Å². The van der Waals surface area contributed by atoms with Crippen LogP contribution in [-0.4, -0.2) is 12.1 Å². The number of rotatable bonds is 2. The third-order valence-corrected chi connectivity index (χ3v) is 3.70. The van der Waals surface area contributed by atoms with Gasteiger partial charge in [-0.3, -0.25) is 0 Å². The average Bonchev–Trinajstić information content (AvgIpc) is 2.80. The second-order valence-electron chi connectivity index (χ2n) is 4.98. The molecule has 1 aliphatic carbocycles. The van der Waals surface area contributed by atoms with E-state index in [0.29, 0.717) is 10.7 Å². The van der Waals surface area contributed by atoms with Crippen molar-refractivity contribution in [1.29, 1.82) is 0 Å². The maximum absolute atomic E-state index is 12.0. The van der Waals surface area contributed by atoms with Crippen LogP contribution in [0.3, 0.4) is 0 Å². The molecular weight excluding hydrogens is 272 g/mol. The van der Waals surface area contributed by atoms with Gasteiger partial charge in [-0.25, -0.2) is 4.79 Å². The van der Waals surface area contributed by atoms with Crippen molar-refractivity contribution in [3.63, 3.8) is 0 Å². The summed E-state index contributed by atoms with van der Waals surface area (Å²) in [5.74, 6) is 0. The van der Waals surface area contributed by atoms with Crippen molar-refractivity contribution < 1.29 is 4.79 Å². The number of carbonyl (C=O) groups is 1. The summed E-state index contributed by atoms with van der Waals surface area (Å²) in [6.07, 6.45) is 1.78. The van der Waals surface area contributed by atoms with Gasteiger partial charge in [-0.2, -0.15) is 0 Å². The lowest BCUT2D eigenvalue weighted by Crippen LogP contribution is -2.38. The molecule has 3 nitrogen and oxygen atoms in total. The molecule has 0 fully saturated rings. The predicted octanol–water partition coefficient (Wildman–Crippen LogP) is 3.63. The Morgan fingerprint density at radius 3 is 2.40 bits per heavy atom. The van der Waals surface area contributed by atoms with Gasteiger partial charge in [-0.1, -0.05) is 41.9 Å². The molecule has 3 rings (SSSR count). The first-order valence-electron chi connectivity index (χ1n) is 6.60. The van der Waals surface area contributed by atoms with E-state index in [4.69, 9.17) is 11.6 Å². The first kappa shape index (κ1) is 13.0. The molecule has 0 unspecified atom stereocenters. The molecule has 0 aliphatic heterocycles. The molecule has 1 aliphatic rings. The van der Waals surface area contributed by atoms with Crippen molar-refractivity contribution in [2.75, 3.05) is 5.32 Å². The second-order valence-corrected chi connectivity index (χ2v) is 5.42. The molecule has 2 aromatic carbocycles. The lowest BCUT2D eigenvalue weighted by molar-refractivity contribution is 0.249. The van der Waals surface area contributed by atoms with Crippen molar-refractivity contribution in [1.82, 2.24) is 5.32 Å². The average molecular weight is 287 g/mol.